The van der Waals surface area contributed by atoms with E-state index < -0.39 is 5.97 Å². The normalized spacial score (nSPS) is 10.6. The fraction of sp³-hybridized carbons (Fsp3) is 0.0909. The summed E-state index contributed by atoms with van der Waals surface area (Å²) >= 11 is 1.03. The zero-order valence-corrected chi connectivity index (χ0v) is 16.8. The van der Waals surface area contributed by atoms with Crippen molar-refractivity contribution in [1.82, 2.24) is 8.75 Å². The molecule has 7 nitrogen and oxygen atoms in total. The van der Waals surface area contributed by atoms with Gasteiger partial charge in [0.05, 0.1) is 24.4 Å². The van der Waals surface area contributed by atoms with E-state index in [-0.39, 0.29) is 12.5 Å². The summed E-state index contributed by atoms with van der Waals surface area (Å²) in [7, 11) is 1.31. The van der Waals surface area contributed by atoms with Gasteiger partial charge in [-0.15, -0.1) is 4.37 Å². The largest absolute Gasteiger partial charge is 0.465 e. The molecule has 0 spiro atoms. The number of benzene rings is 3. The minimum absolute atomic E-state index is 0.220. The first-order chi connectivity index (χ1) is 14.7. The van der Waals surface area contributed by atoms with E-state index >= 15 is 0 Å². The number of aromatic nitrogens is 2. The lowest BCUT2D eigenvalue weighted by Crippen LogP contribution is -2.20. The summed E-state index contributed by atoms with van der Waals surface area (Å²) in [6.07, 6.45) is 0. The highest BCUT2D eigenvalue weighted by Crippen LogP contribution is 2.33. The number of fused-ring (bicyclic) bond motifs is 1. The van der Waals surface area contributed by atoms with Crippen LogP contribution in [-0.2, 0) is 9.53 Å². The molecule has 0 bridgehead atoms. The van der Waals surface area contributed by atoms with Gasteiger partial charge in [-0.2, -0.15) is 4.37 Å². The van der Waals surface area contributed by atoms with Crippen LogP contribution in [0.5, 0.6) is 5.88 Å². The minimum atomic E-state index is -0.437. The number of esters is 1. The fourth-order valence-electron chi connectivity index (χ4n) is 3.01. The Labute approximate surface area is 176 Å². The van der Waals surface area contributed by atoms with Crippen LogP contribution in [0.3, 0.4) is 0 Å². The first-order valence-electron chi connectivity index (χ1n) is 9.07. The Hall–Kier alpha value is -3.78. The van der Waals surface area contributed by atoms with Crippen LogP contribution >= 0.6 is 11.7 Å². The van der Waals surface area contributed by atoms with E-state index in [1.54, 1.807) is 24.3 Å². The number of nitrogens with zero attached hydrogens (tertiary/aromatic N) is 2. The Bertz CT molecular complexity index is 1200. The summed E-state index contributed by atoms with van der Waals surface area (Å²) in [4.78, 5) is 23.7. The lowest BCUT2D eigenvalue weighted by atomic mass is 10.0. The molecular weight excluding hydrogens is 402 g/mol. The Kier molecular flexibility index (Phi) is 5.67. The van der Waals surface area contributed by atoms with Crippen LogP contribution in [-0.4, -0.2) is 34.3 Å². The molecule has 1 aromatic heterocycles. The van der Waals surface area contributed by atoms with E-state index in [2.05, 4.69) is 18.8 Å². The second kappa shape index (κ2) is 8.71. The predicted molar refractivity (Wildman–Crippen MR) is 115 cm³/mol. The highest BCUT2D eigenvalue weighted by Gasteiger charge is 2.16. The highest BCUT2D eigenvalue weighted by atomic mass is 32.1. The van der Waals surface area contributed by atoms with Crippen molar-refractivity contribution in [2.45, 2.75) is 0 Å². The van der Waals surface area contributed by atoms with Crippen LogP contribution in [0.15, 0.2) is 66.7 Å². The molecule has 1 amide bonds. The standard InChI is InChI=1S/C22H17N3O4S/c1-28-22(27)15-9-11-16(12-10-15)23-19(26)13-29-21-20(24-30-25-21)18-8-4-6-14-5-2-3-7-17(14)18/h2-12H,13H2,1H3,(H,23,26). The zero-order chi connectivity index (χ0) is 20.9. The van der Waals surface area contributed by atoms with Crippen molar-refractivity contribution in [1.29, 1.82) is 0 Å². The maximum absolute atomic E-state index is 12.3. The van der Waals surface area contributed by atoms with E-state index in [1.807, 2.05) is 42.5 Å². The van der Waals surface area contributed by atoms with Gasteiger partial charge in [0.15, 0.2) is 6.61 Å². The Morgan fingerprint density at radius 2 is 1.73 bits per heavy atom. The molecule has 1 heterocycles. The van der Waals surface area contributed by atoms with Crippen molar-refractivity contribution in [2.75, 3.05) is 19.0 Å². The maximum atomic E-state index is 12.3. The van der Waals surface area contributed by atoms with Crippen LogP contribution in [0.25, 0.3) is 22.0 Å². The van der Waals surface area contributed by atoms with Crippen molar-refractivity contribution in [3.05, 3.63) is 72.3 Å². The van der Waals surface area contributed by atoms with Gasteiger partial charge in [0.1, 0.15) is 5.69 Å². The molecule has 0 fully saturated rings. The van der Waals surface area contributed by atoms with E-state index in [4.69, 9.17) is 4.74 Å². The van der Waals surface area contributed by atoms with Gasteiger partial charge < -0.3 is 14.8 Å². The van der Waals surface area contributed by atoms with E-state index in [0.717, 1.165) is 28.1 Å². The number of anilines is 1. The second-order valence-corrected chi connectivity index (χ2v) is 6.88. The van der Waals surface area contributed by atoms with Crippen molar-refractivity contribution < 1.29 is 19.1 Å². The highest BCUT2D eigenvalue weighted by molar-refractivity contribution is 6.99. The number of carbonyl (C=O) groups excluding carboxylic acids is 2. The lowest BCUT2D eigenvalue weighted by molar-refractivity contribution is -0.118. The molecule has 3 aromatic carbocycles. The molecule has 150 valence electrons. The first kappa shape index (κ1) is 19.5. The van der Waals surface area contributed by atoms with Gasteiger partial charge in [-0.3, -0.25) is 4.79 Å². The number of ether oxygens (including phenoxy) is 2. The van der Waals surface area contributed by atoms with Crippen molar-refractivity contribution in [3.8, 4) is 17.1 Å². The van der Waals surface area contributed by atoms with Crippen LogP contribution < -0.4 is 10.1 Å². The Morgan fingerprint density at radius 3 is 2.53 bits per heavy atom. The smallest absolute Gasteiger partial charge is 0.337 e. The number of nitrogens with one attached hydrogen (secondary N) is 1. The van der Waals surface area contributed by atoms with Gasteiger partial charge in [0.2, 0.25) is 0 Å². The number of hydrogen-bond donors (Lipinski definition) is 1. The SMILES string of the molecule is COC(=O)c1ccc(NC(=O)COc2nsnc2-c2cccc3ccccc23)cc1. The van der Waals surface area contributed by atoms with Crippen molar-refractivity contribution in [2.24, 2.45) is 0 Å². The lowest BCUT2D eigenvalue weighted by Gasteiger charge is -2.08. The number of methoxy groups -OCH3 is 1. The summed E-state index contributed by atoms with van der Waals surface area (Å²) in [5, 5.41) is 4.84. The van der Waals surface area contributed by atoms with Gasteiger partial charge in [0, 0.05) is 11.3 Å². The van der Waals surface area contributed by atoms with E-state index in [1.165, 1.54) is 7.11 Å². The topological polar surface area (TPSA) is 90.4 Å². The molecule has 0 aliphatic carbocycles. The minimum Gasteiger partial charge on any atom is -0.465 e. The summed E-state index contributed by atoms with van der Waals surface area (Å²) < 4.78 is 18.9. The monoisotopic (exact) mass is 419 g/mol. The molecule has 0 saturated carbocycles. The molecule has 1 N–H and O–H groups in total. The van der Waals surface area contributed by atoms with E-state index in [0.29, 0.717) is 22.8 Å². The van der Waals surface area contributed by atoms with Crippen LogP contribution in [0.4, 0.5) is 5.69 Å². The molecule has 0 atom stereocenters. The number of rotatable bonds is 6. The predicted octanol–water partition coefficient (Wildman–Crippen LogP) is 4.16. The molecular formula is C22H17N3O4S. The molecule has 8 heteroatoms. The van der Waals surface area contributed by atoms with Crippen LogP contribution in [0.1, 0.15) is 10.4 Å². The average molecular weight is 419 g/mol. The van der Waals surface area contributed by atoms with Crippen LogP contribution in [0, 0.1) is 0 Å². The summed E-state index contributed by atoms with van der Waals surface area (Å²) in [6, 6.07) is 20.3. The van der Waals surface area contributed by atoms with Gasteiger partial charge in [-0.1, -0.05) is 42.5 Å². The molecule has 0 aliphatic heterocycles. The van der Waals surface area contributed by atoms with Gasteiger partial charge >= 0.3 is 5.97 Å². The second-order valence-electron chi connectivity index (χ2n) is 6.35. The third-order valence-corrected chi connectivity index (χ3v) is 4.94. The van der Waals surface area contributed by atoms with Gasteiger partial charge in [0.25, 0.3) is 11.8 Å². The average Bonchev–Trinajstić information content (AvgIpc) is 3.25. The first-order valence-corrected chi connectivity index (χ1v) is 9.80. The van der Waals surface area contributed by atoms with Crippen LogP contribution in [0.2, 0.25) is 0 Å². The van der Waals surface area contributed by atoms with Crippen molar-refractivity contribution >= 4 is 40.1 Å². The maximum Gasteiger partial charge on any atom is 0.337 e. The quantitative estimate of drug-likeness (QED) is 0.472. The molecule has 0 unspecified atom stereocenters. The third kappa shape index (κ3) is 4.13. The Morgan fingerprint density at radius 1 is 0.967 bits per heavy atom. The number of carbonyl (C=O) groups is 2. The third-order valence-electron chi connectivity index (χ3n) is 4.43. The fourth-order valence-corrected chi connectivity index (χ4v) is 3.52. The Balaban J connectivity index is 1.44. The summed E-state index contributed by atoms with van der Waals surface area (Å²) in [6.45, 7) is -0.220. The molecule has 0 saturated heterocycles. The zero-order valence-electron chi connectivity index (χ0n) is 16.0. The van der Waals surface area contributed by atoms with Gasteiger partial charge in [-0.25, -0.2) is 4.79 Å². The molecule has 4 aromatic rings. The summed E-state index contributed by atoms with van der Waals surface area (Å²) in [5.74, 6) is -0.474. The number of amides is 1. The summed E-state index contributed by atoms with van der Waals surface area (Å²) in [5.41, 5.74) is 2.45. The van der Waals surface area contributed by atoms with Crippen molar-refractivity contribution in [3.63, 3.8) is 0 Å². The molecule has 30 heavy (non-hydrogen) atoms. The molecule has 0 aliphatic rings. The molecule has 0 radical (unpaired) electrons. The molecule has 4 rings (SSSR count). The number of hydrogen-bond acceptors (Lipinski definition) is 7. The van der Waals surface area contributed by atoms with Gasteiger partial charge in [-0.05, 0) is 35.0 Å². The van der Waals surface area contributed by atoms with E-state index in [9.17, 15) is 9.59 Å².